The number of carboxylic acids is 1. The van der Waals surface area contributed by atoms with Crippen molar-refractivity contribution in [3.8, 4) is 11.8 Å². The first-order valence-electron chi connectivity index (χ1n) is 7.30. The standard InChI is InChI=1S/C15H16N4O6/c1-15(24)11(23)8(5-20)25-14(15)19-4-7(2-3-9(21)22)10-12(16)17-6-18-13(10)19/h4,6,8,11,14,20,23-24H,5H2,1H3,(H,21,22)(H2,16,17,18)/t8-,11-,14-,15-/m1/s1. The lowest BCUT2D eigenvalue weighted by Gasteiger charge is -2.27. The van der Waals surface area contributed by atoms with E-state index < -0.39 is 36.6 Å². The number of hydrogen-bond donors (Lipinski definition) is 5. The van der Waals surface area contributed by atoms with Crippen molar-refractivity contribution in [3.63, 3.8) is 0 Å². The summed E-state index contributed by atoms with van der Waals surface area (Å²) in [5.41, 5.74) is 4.59. The minimum atomic E-state index is -1.74. The second kappa shape index (κ2) is 5.98. The number of nitrogens with two attached hydrogens (primary N) is 1. The molecule has 0 bridgehead atoms. The molecule has 2 aromatic rings. The smallest absolute Gasteiger partial charge is 0.382 e. The number of aliphatic hydroxyl groups excluding tert-OH is 2. The molecule has 132 valence electrons. The predicted molar refractivity (Wildman–Crippen MR) is 84.1 cm³/mol. The summed E-state index contributed by atoms with van der Waals surface area (Å²) in [6.07, 6.45) is -0.821. The summed E-state index contributed by atoms with van der Waals surface area (Å²) < 4.78 is 6.95. The lowest BCUT2D eigenvalue weighted by molar-refractivity contribution is -0.130. The number of nitrogens with zero attached hydrogens (tertiary/aromatic N) is 3. The molecular formula is C15H16N4O6. The molecule has 0 spiro atoms. The van der Waals surface area contributed by atoms with E-state index in [4.69, 9.17) is 15.6 Å². The molecule has 10 heteroatoms. The molecular weight excluding hydrogens is 332 g/mol. The molecule has 0 aromatic carbocycles. The number of carbonyl (C=O) groups is 1. The lowest BCUT2D eigenvalue weighted by atomic mass is 9.96. The number of carboxylic acid groups (broad SMARTS) is 1. The van der Waals surface area contributed by atoms with Crippen molar-refractivity contribution in [2.75, 3.05) is 12.3 Å². The molecule has 0 radical (unpaired) electrons. The molecule has 3 rings (SSSR count). The van der Waals surface area contributed by atoms with Crippen LogP contribution in [0.4, 0.5) is 5.82 Å². The largest absolute Gasteiger partial charge is 0.472 e. The molecule has 1 saturated heterocycles. The molecule has 25 heavy (non-hydrogen) atoms. The number of ether oxygens (including phenoxy) is 1. The fraction of sp³-hybridized carbons (Fsp3) is 0.400. The summed E-state index contributed by atoms with van der Waals surface area (Å²) in [5.74, 6) is 3.20. The molecule has 10 nitrogen and oxygen atoms in total. The Kier molecular flexibility index (Phi) is 4.09. The Bertz CT molecular complexity index is 897. The summed E-state index contributed by atoms with van der Waals surface area (Å²) in [6, 6.07) is 0. The number of hydrogen-bond acceptors (Lipinski definition) is 8. The number of aliphatic carboxylic acids is 1. The van der Waals surface area contributed by atoms with E-state index in [1.807, 2.05) is 5.92 Å². The fourth-order valence-electron chi connectivity index (χ4n) is 2.89. The van der Waals surface area contributed by atoms with E-state index in [0.29, 0.717) is 5.39 Å². The van der Waals surface area contributed by atoms with Crippen LogP contribution in [0.25, 0.3) is 11.0 Å². The molecule has 4 atom stereocenters. The van der Waals surface area contributed by atoms with Gasteiger partial charge in [0.15, 0.2) is 6.23 Å². The van der Waals surface area contributed by atoms with Crippen molar-refractivity contribution in [1.82, 2.24) is 14.5 Å². The van der Waals surface area contributed by atoms with Gasteiger partial charge in [-0.15, -0.1) is 0 Å². The quantitative estimate of drug-likeness (QED) is 0.404. The second-order valence-corrected chi connectivity index (χ2v) is 5.84. The number of aromatic nitrogens is 3. The van der Waals surface area contributed by atoms with Gasteiger partial charge in [-0.25, -0.2) is 14.8 Å². The summed E-state index contributed by atoms with van der Waals surface area (Å²) in [4.78, 5) is 18.7. The van der Waals surface area contributed by atoms with Crippen LogP contribution in [0.5, 0.6) is 0 Å². The van der Waals surface area contributed by atoms with Gasteiger partial charge in [-0.05, 0) is 6.92 Å². The molecule has 3 heterocycles. The van der Waals surface area contributed by atoms with Gasteiger partial charge in [-0.3, -0.25) is 0 Å². The van der Waals surface area contributed by atoms with Gasteiger partial charge in [-0.2, -0.15) is 0 Å². The van der Waals surface area contributed by atoms with Crippen molar-refractivity contribution >= 4 is 22.8 Å². The second-order valence-electron chi connectivity index (χ2n) is 5.84. The molecule has 0 amide bonds. The van der Waals surface area contributed by atoms with Crippen molar-refractivity contribution in [2.24, 2.45) is 0 Å². The minimum Gasteiger partial charge on any atom is -0.472 e. The first-order chi connectivity index (χ1) is 11.8. The summed E-state index contributed by atoms with van der Waals surface area (Å²) >= 11 is 0. The average molecular weight is 348 g/mol. The van der Waals surface area contributed by atoms with Gasteiger partial charge >= 0.3 is 5.97 Å². The number of fused-ring (bicyclic) bond motifs is 1. The van der Waals surface area contributed by atoms with E-state index >= 15 is 0 Å². The zero-order chi connectivity index (χ0) is 18.4. The highest BCUT2D eigenvalue weighted by atomic mass is 16.6. The SMILES string of the molecule is C[C@@]1(O)[C@H](O)[C@@H](CO)O[C@H]1n1cc(C#CC(=O)O)c2c(N)ncnc21. The average Bonchev–Trinajstić information content (AvgIpc) is 3.02. The van der Waals surface area contributed by atoms with Gasteiger partial charge in [0.25, 0.3) is 0 Å². The topological polar surface area (TPSA) is 164 Å². The molecule has 1 fully saturated rings. The van der Waals surface area contributed by atoms with Crippen molar-refractivity contribution in [3.05, 3.63) is 18.1 Å². The van der Waals surface area contributed by atoms with Crippen molar-refractivity contribution in [2.45, 2.75) is 31.0 Å². The third kappa shape index (κ3) is 2.69. The van der Waals surface area contributed by atoms with E-state index in [2.05, 4.69) is 15.9 Å². The molecule has 0 saturated carbocycles. The Morgan fingerprint density at radius 3 is 2.84 bits per heavy atom. The molecule has 2 aromatic heterocycles. The maximum atomic E-state index is 10.7. The van der Waals surface area contributed by atoms with Gasteiger partial charge in [0.2, 0.25) is 0 Å². The molecule has 6 N–H and O–H groups in total. The monoisotopic (exact) mass is 348 g/mol. The van der Waals surface area contributed by atoms with E-state index in [0.717, 1.165) is 0 Å². The van der Waals surface area contributed by atoms with Crippen LogP contribution in [0.1, 0.15) is 18.7 Å². The van der Waals surface area contributed by atoms with Gasteiger partial charge in [0.1, 0.15) is 35.6 Å². The minimum absolute atomic E-state index is 0.0790. The van der Waals surface area contributed by atoms with Gasteiger partial charge in [0, 0.05) is 12.1 Å². The number of anilines is 1. The Morgan fingerprint density at radius 1 is 1.52 bits per heavy atom. The Hall–Kier alpha value is -2.71. The highest BCUT2D eigenvalue weighted by Gasteiger charge is 2.53. The summed E-state index contributed by atoms with van der Waals surface area (Å²) in [5, 5.41) is 39.1. The number of nitrogen functional groups attached to an aromatic ring is 1. The van der Waals surface area contributed by atoms with Crippen LogP contribution in [0.3, 0.4) is 0 Å². The van der Waals surface area contributed by atoms with E-state index in [1.54, 1.807) is 0 Å². The normalized spacial score (nSPS) is 28.7. The van der Waals surface area contributed by atoms with Gasteiger partial charge in [-0.1, -0.05) is 5.92 Å². The van der Waals surface area contributed by atoms with E-state index in [-0.39, 0.29) is 17.0 Å². The fourth-order valence-corrected chi connectivity index (χ4v) is 2.89. The zero-order valence-electron chi connectivity index (χ0n) is 13.1. The Balaban J connectivity index is 2.20. The first kappa shape index (κ1) is 17.1. The Morgan fingerprint density at radius 2 is 2.24 bits per heavy atom. The van der Waals surface area contributed by atoms with Crippen LogP contribution in [-0.2, 0) is 9.53 Å². The number of rotatable bonds is 2. The third-order valence-electron chi connectivity index (χ3n) is 4.13. The third-order valence-corrected chi connectivity index (χ3v) is 4.13. The van der Waals surface area contributed by atoms with Crippen LogP contribution in [0.15, 0.2) is 12.5 Å². The Labute approximate surface area is 141 Å². The molecule has 1 aliphatic heterocycles. The highest BCUT2D eigenvalue weighted by Crippen LogP contribution is 2.40. The predicted octanol–water partition coefficient (Wildman–Crippen LogP) is -1.55. The molecule has 0 aliphatic carbocycles. The van der Waals surface area contributed by atoms with Gasteiger partial charge in [0.05, 0.1) is 17.6 Å². The maximum absolute atomic E-state index is 10.7. The van der Waals surface area contributed by atoms with Crippen LogP contribution in [0, 0.1) is 11.8 Å². The van der Waals surface area contributed by atoms with Crippen molar-refractivity contribution in [1.29, 1.82) is 0 Å². The van der Waals surface area contributed by atoms with Gasteiger partial charge < -0.3 is 35.5 Å². The molecule has 0 unspecified atom stereocenters. The maximum Gasteiger partial charge on any atom is 0.382 e. The number of aliphatic hydroxyl groups is 3. The highest BCUT2D eigenvalue weighted by molar-refractivity contribution is 5.94. The van der Waals surface area contributed by atoms with Crippen LogP contribution in [0.2, 0.25) is 0 Å². The lowest BCUT2D eigenvalue weighted by Crippen LogP contribution is -2.44. The molecule has 1 aliphatic rings. The van der Waals surface area contributed by atoms with Crippen LogP contribution >= 0.6 is 0 Å². The van der Waals surface area contributed by atoms with E-state index in [1.165, 1.54) is 24.0 Å². The zero-order valence-corrected chi connectivity index (χ0v) is 13.1. The first-order valence-corrected chi connectivity index (χ1v) is 7.30. The van der Waals surface area contributed by atoms with Crippen molar-refractivity contribution < 1.29 is 30.0 Å². The van der Waals surface area contributed by atoms with Crippen LogP contribution < -0.4 is 5.73 Å². The van der Waals surface area contributed by atoms with E-state index in [9.17, 15) is 20.1 Å². The summed E-state index contributed by atoms with van der Waals surface area (Å²) in [6.45, 7) is 0.868. The summed E-state index contributed by atoms with van der Waals surface area (Å²) in [7, 11) is 0. The van der Waals surface area contributed by atoms with Crippen LogP contribution in [-0.4, -0.2) is 65.3 Å².